The number of nitrogens with two attached hydrogens (primary N) is 1. The molecule has 1 heterocycles. The number of nitrogen functional groups attached to an aromatic ring is 1. The van der Waals surface area contributed by atoms with E-state index in [0.717, 1.165) is 10.6 Å². The fourth-order valence-electron chi connectivity index (χ4n) is 2.06. The molecular weight excluding hydrogens is 280 g/mol. The van der Waals surface area contributed by atoms with Gasteiger partial charge in [-0.25, -0.2) is 13.6 Å². The van der Waals surface area contributed by atoms with Gasteiger partial charge >= 0.3 is 5.69 Å². The van der Waals surface area contributed by atoms with E-state index in [0.29, 0.717) is 13.0 Å². The number of aryl methyl sites for hydroxylation is 1. The van der Waals surface area contributed by atoms with Crippen molar-refractivity contribution in [3.8, 4) is 0 Å². The second-order valence-electron chi connectivity index (χ2n) is 4.66. The van der Waals surface area contributed by atoms with Crippen LogP contribution < -0.4 is 17.0 Å². The van der Waals surface area contributed by atoms with Gasteiger partial charge in [0.15, 0.2) is 11.6 Å². The lowest BCUT2D eigenvalue weighted by molar-refractivity contribution is 0.489. The van der Waals surface area contributed by atoms with Gasteiger partial charge < -0.3 is 5.73 Å². The van der Waals surface area contributed by atoms with E-state index in [2.05, 4.69) is 0 Å². The maximum Gasteiger partial charge on any atom is 0.331 e. The van der Waals surface area contributed by atoms with Gasteiger partial charge in [-0.1, -0.05) is 19.1 Å². The molecule has 112 valence electrons. The number of aromatic nitrogens is 2. The first-order valence-electron chi connectivity index (χ1n) is 6.48. The molecule has 0 amide bonds. The van der Waals surface area contributed by atoms with Gasteiger partial charge in [0.25, 0.3) is 5.56 Å². The van der Waals surface area contributed by atoms with Crippen LogP contribution in [-0.4, -0.2) is 9.13 Å². The van der Waals surface area contributed by atoms with Gasteiger partial charge in [0, 0.05) is 18.3 Å². The van der Waals surface area contributed by atoms with Crippen LogP contribution in [0.4, 0.5) is 14.5 Å². The lowest BCUT2D eigenvalue weighted by Gasteiger charge is -2.11. The first-order chi connectivity index (χ1) is 9.95. The van der Waals surface area contributed by atoms with Crippen LogP contribution >= 0.6 is 0 Å². The number of hydrogen-bond acceptors (Lipinski definition) is 3. The Kier molecular flexibility index (Phi) is 4.21. The maximum absolute atomic E-state index is 13.7. The normalized spacial score (nSPS) is 10.8. The predicted octanol–water partition coefficient (Wildman–Crippen LogP) is 1.33. The summed E-state index contributed by atoms with van der Waals surface area (Å²) < 4.78 is 29.0. The van der Waals surface area contributed by atoms with E-state index in [-0.39, 0.29) is 17.8 Å². The SMILES string of the molecule is CCCn1cc(N)c(=O)n(Cc2cccc(F)c2F)c1=O. The van der Waals surface area contributed by atoms with Gasteiger partial charge in [0.2, 0.25) is 0 Å². The summed E-state index contributed by atoms with van der Waals surface area (Å²) in [5.41, 5.74) is 4.08. The Morgan fingerprint density at radius 1 is 1.24 bits per heavy atom. The van der Waals surface area contributed by atoms with E-state index < -0.39 is 22.9 Å². The van der Waals surface area contributed by atoms with E-state index in [9.17, 15) is 18.4 Å². The van der Waals surface area contributed by atoms with Crippen molar-refractivity contribution in [2.45, 2.75) is 26.4 Å². The van der Waals surface area contributed by atoms with Gasteiger partial charge in [-0.2, -0.15) is 0 Å². The topological polar surface area (TPSA) is 70.0 Å². The summed E-state index contributed by atoms with van der Waals surface area (Å²) in [6.07, 6.45) is 1.94. The van der Waals surface area contributed by atoms with Crippen LogP contribution in [0.3, 0.4) is 0 Å². The smallest absolute Gasteiger partial charge is 0.331 e. The van der Waals surface area contributed by atoms with Crippen molar-refractivity contribution in [2.75, 3.05) is 5.73 Å². The van der Waals surface area contributed by atoms with Crippen molar-refractivity contribution in [1.82, 2.24) is 9.13 Å². The summed E-state index contributed by atoms with van der Waals surface area (Å²) in [5, 5.41) is 0. The number of hydrogen-bond donors (Lipinski definition) is 1. The van der Waals surface area contributed by atoms with Crippen LogP contribution in [0.1, 0.15) is 18.9 Å². The largest absolute Gasteiger partial charge is 0.393 e. The summed E-state index contributed by atoms with van der Waals surface area (Å²) in [6.45, 7) is 1.88. The standard InChI is InChI=1S/C14H15F2N3O2/c1-2-6-18-8-11(17)13(20)19(14(18)21)7-9-4-3-5-10(15)12(9)16/h3-5,8H,2,6-7,17H2,1H3. The zero-order chi connectivity index (χ0) is 15.6. The highest BCUT2D eigenvalue weighted by atomic mass is 19.2. The van der Waals surface area contributed by atoms with Crippen molar-refractivity contribution in [2.24, 2.45) is 0 Å². The second-order valence-corrected chi connectivity index (χ2v) is 4.66. The molecule has 5 nitrogen and oxygen atoms in total. The monoisotopic (exact) mass is 295 g/mol. The summed E-state index contributed by atoms with van der Waals surface area (Å²) >= 11 is 0. The van der Waals surface area contributed by atoms with Gasteiger partial charge in [0.1, 0.15) is 5.69 Å². The van der Waals surface area contributed by atoms with Crippen molar-refractivity contribution in [3.05, 3.63) is 62.4 Å². The molecule has 2 rings (SSSR count). The van der Waals surface area contributed by atoms with Crippen LogP contribution in [0, 0.1) is 11.6 Å². The number of anilines is 1. The van der Waals surface area contributed by atoms with Crippen LogP contribution in [0.25, 0.3) is 0 Å². The molecule has 0 atom stereocenters. The highest BCUT2D eigenvalue weighted by Crippen LogP contribution is 2.11. The molecule has 1 aromatic carbocycles. The molecule has 0 saturated carbocycles. The number of rotatable bonds is 4. The average Bonchev–Trinajstić information content (AvgIpc) is 2.45. The van der Waals surface area contributed by atoms with Gasteiger partial charge in [-0.05, 0) is 12.5 Å². The van der Waals surface area contributed by atoms with Gasteiger partial charge in [-0.15, -0.1) is 0 Å². The molecule has 0 aliphatic carbocycles. The molecule has 0 radical (unpaired) electrons. The Morgan fingerprint density at radius 3 is 2.62 bits per heavy atom. The Labute approximate surface area is 119 Å². The first kappa shape index (κ1) is 15.0. The Hall–Kier alpha value is -2.44. The van der Waals surface area contributed by atoms with Gasteiger partial charge in [0.05, 0.1) is 6.54 Å². The van der Waals surface area contributed by atoms with Gasteiger partial charge in [-0.3, -0.25) is 13.9 Å². The molecule has 2 aromatic rings. The molecule has 0 saturated heterocycles. The molecule has 0 aliphatic rings. The van der Waals surface area contributed by atoms with E-state index in [4.69, 9.17) is 5.73 Å². The molecule has 21 heavy (non-hydrogen) atoms. The summed E-state index contributed by atoms with van der Waals surface area (Å²) in [5.74, 6) is -2.10. The summed E-state index contributed by atoms with van der Waals surface area (Å²) in [7, 11) is 0. The molecule has 0 unspecified atom stereocenters. The zero-order valence-electron chi connectivity index (χ0n) is 11.5. The van der Waals surface area contributed by atoms with Crippen LogP contribution in [0.15, 0.2) is 34.0 Å². The Morgan fingerprint density at radius 2 is 1.95 bits per heavy atom. The third-order valence-corrected chi connectivity index (χ3v) is 3.09. The van der Waals surface area contributed by atoms with Crippen molar-refractivity contribution >= 4 is 5.69 Å². The molecule has 0 aliphatic heterocycles. The lowest BCUT2D eigenvalue weighted by Crippen LogP contribution is -2.41. The van der Waals surface area contributed by atoms with E-state index >= 15 is 0 Å². The Balaban J connectivity index is 2.56. The molecule has 0 bridgehead atoms. The molecule has 1 aromatic heterocycles. The van der Waals surface area contributed by atoms with Crippen LogP contribution in [0.5, 0.6) is 0 Å². The lowest BCUT2D eigenvalue weighted by atomic mass is 10.2. The van der Waals surface area contributed by atoms with Crippen LogP contribution in [0.2, 0.25) is 0 Å². The minimum Gasteiger partial charge on any atom is -0.393 e. The van der Waals surface area contributed by atoms with Crippen molar-refractivity contribution in [1.29, 1.82) is 0 Å². The molecule has 2 N–H and O–H groups in total. The second kappa shape index (κ2) is 5.90. The maximum atomic E-state index is 13.7. The number of halogens is 2. The minimum absolute atomic E-state index is 0.0807. The third-order valence-electron chi connectivity index (χ3n) is 3.09. The minimum atomic E-state index is -1.08. The average molecular weight is 295 g/mol. The van der Waals surface area contributed by atoms with E-state index in [1.807, 2.05) is 6.92 Å². The van der Waals surface area contributed by atoms with Crippen molar-refractivity contribution in [3.63, 3.8) is 0 Å². The summed E-state index contributed by atoms with van der Waals surface area (Å²) in [6, 6.07) is 3.60. The predicted molar refractivity (Wildman–Crippen MR) is 75.1 cm³/mol. The van der Waals surface area contributed by atoms with Crippen LogP contribution in [-0.2, 0) is 13.1 Å². The first-order valence-corrected chi connectivity index (χ1v) is 6.48. The molecular formula is C14H15F2N3O2. The highest BCUT2D eigenvalue weighted by molar-refractivity contribution is 5.31. The van der Waals surface area contributed by atoms with E-state index in [1.165, 1.54) is 22.9 Å². The molecule has 7 heteroatoms. The van der Waals surface area contributed by atoms with Crippen molar-refractivity contribution < 1.29 is 8.78 Å². The number of nitrogens with zero attached hydrogens (tertiary/aromatic N) is 2. The fraction of sp³-hybridized carbons (Fsp3) is 0.286. The number of benzene rings is 1. The molecule has 0 fully saturated rings. The fourth-order valence-corrected chi connectivity index (χ4v) is 2.06. The summed E-state index contributed by atoms with van der Waals surface area (Å²) in [4.78, 5) is 24.1. The van der Waals surface area contributed by atoms with E-state index in [1.54, 1.807) is 0 Å². The molecule has 0 spiro atoms. The highest BCUT2D eigenvalue weighted by Gasteiger charge is 2.13. The zero-order valence-corrected chi connectivity index (χ0v) is 11.5. The quantitative estimate of drug-likeness (QED) is 0.925. The Bertz CT molecular complexity index is 781. The third kappa shape index (κ3) is 2.86.